The number of alkyl carbamates (subject to hydrolysis) is 1. The normalized spacial score (nSPS) is 13.6. The van der Waals surface area contributed by atoms with Crippen LogP contribution in [0.25, 0.3) is 22.2 Å². The Labute approximate surface area is 298 Å². The molecule has 7 rings (SSSR count). The maximum atomic E-state index is 11.9. The highest BCUT2D eigenvalue weighted by atomic mass is 16.6. The van der Waals surface area contributed by atoms with Gasteiger partial charge in [0.15, 0.2) is 0 Å². The Morgan fingerprint density at radius 2 is 1.43 bits per heavy atom. The van der Waals surface area contributed by atoms with E-state index in [0.717, 1.165) is 70.5 Å². The number of fused-ring (bicyclic) bond motifs is 1. The van der Waals surface area contributed by atoms with E-state index in [-0.39, 0.29) is 12.2 Å². The van der Waals surface area contributed by atoms with E-state index < -0.39 is 11.1 Å². The van der Waals surface area contributed by atoms with Crippen molar-refractivity contribution in [2.75, 3.05) is 31.1 Å². The summed E-state index contributed by atoms with van der Waals surface area (Å²) in [6.07, 6.45) is 4.87. The van der Waals surface area contributed by atoms with Crippen molar-refractivity contribution in [3.05, 3.63) is 138 Å². The Bertz CT molecular complexity index is 1950. The van der Waals surface area contributed by atoms with Crippen LogP contribution in [0.1, 0.15) is 50.3 Å². The third-order valence-electron chi connectivity index (χ3n) is 9.12. The summed E-state index contributed by atoms with van der Waals surface area (Å²) in [6.45, 7) is 8.21. The van der Waals surface area contributed by atoms with Crippen LogP contribution >= 0.6 is 0 Å². The first-order valence-electron chi connectivity index (χ1n) is 17.5. The number of amides is 1. The van der Waals surface area contributed by atoms with Gasteiger partial charge in [-0.05, 0) is 74.1 Å². The smallest absolute Gasteiger partial charge is 0.407 e. The molecule has 260 valence electrons. The number of unbranched alkanes of at least 4 members (excludes halogenated alkanes) is 1. The van der Waals surface area contributed by atoms with E-state index in [1.165, 1.54) is 0 Å². The minimum absolute atomic E-state index is 0.0946. The van der Waals surface area contributed by atoms with Crippen molar-refractivity contribution < 1.29 is 14.3 Å². The number of aromatic nitrogens is 5. The molecule has 4 aromatic carbocycles. The van der Waals surface area contributed by atoms with Gasteiger partial charge in [0, 0.05) is 31.8 Å². The van der Waals surface area contributed by atoms with Gasteiger partial charge in [-0.2, -0.15) is 10.2 Å². The average molecular weight is 682 g/mol. The summed E-state index contributed by atoms with van der Waals surface area (Å²) in [5.74, 6) is 0. The summed E-state index contributed by atoms with van der Waals surface area (Å²) in [5.41, 5.74) is 6.57. The molecule has 1 aliphatic heterocycles. The van der Waals surface area contributed by atoms with Gasteiger partial charge in [-0.15, -0.1) is 5.10 Å². The van der Waals surface area contributed by atoms with Gasteiger partial charge >= 0.3 is 6.09 Å². The number of hydrogen-bond acceptors (Lipinski definition) is 8. The van der Waals surface area contributed by atoms with E-state index in [1.807, 2.05) is 45.0 Å². The van der Waals surface area contributed by atoms with Gasteiger partial charge < -0.3 is 19.7 Å². The Morgan fingerprint density at radius 1 is 0.804 bits per heavy atom. The molecule has 1 fully saturated rings. The minimum Gasteiger partial charge on any atom is -0.444 e. The summed E-state index contributed by atoms with van der Waals surface area (Å²) >= 11 is 0. The fourth-order valence-electron chi connectivity index (χ4n) is 6.75. The molecule has 0 spiro atoms. The number of nitrogens with zero attached hydrogens (tertiary/aromatic N) is 6. The van der Waals surface area contributed by atoms with Crippen LogP contribution < -0.4 is 10.2 Å². The second-order valence-corrected chi connectivity index (χ2v) is 13.8. The average Bonchev–Trinajstić information content (AvgIpc) is 3.56. The number of nitrogens with one attached hydrogen (secondary N) is 1. The molecule has 2 aromatic heterocycles. The molecule has 0 atom stereocenters. The zero-order valence-corrected chi connectivity index (χ0v) is 29.3. The summed E-state index contributed by atoms with van der Waals surface area (Å²) in [4.78, 5) is 14.2. The van der Waals surface area contributed by atoms with E-state index in [4.69, 9.17) is 19.8 Å². The highest BCUT2D eigenvalue weighted by Crippen LogP contribution is 2.44. The fourth-order valence-corrected chi connectivity index (χ4v) is 6.75. The molecule has 1 N–H and O–H groups in total. The predicted octanol–water partition coefficient (Wildman–Crippen LogP) is 7.24. The monoisotopic (exact) mass is 681 g/mol. The van der Waals surface area contributed by atoms with Crippen LogP contribution in [0.5, 0.6) is 0 Å². The molecule has 0 bridgehead atoms. The molecule has 1 amide bonds. The van der Waals surface area contributed by atoms with Crippen LogP contribution in [0.4, 0.5) is 10.5 Å². The molecule has 10 nitrogen and oxygen atoms in total. The van der Waals surface area contributed by atoms with Gasteiger partial charge in [0.2, 0.25) is 0 Å². The third kappa shape index (κ3) is 7.18. The first kappa shape index (κ1) is 33.9. The van der Waals surface area contributed by atoms with Crippen LogP contribution in [0.15, 0.2) is 122 Å². The van der Waals surface area contributed by atoms with Gasteiger partial charge in [0.1, 0.15) is 16.7 Å². The summed E-state index contributed by atoms with van der Waals surface area (Å²) in [6, 6.07) is 37.9. The maximum absolute atomic E-state index is 11.9. The zero-order valence-electron chi connectivity index (χ0n) is 29.3. The van der Waals surface area contributed by atoms with Crippen molar-refractivity contribution in [2.24, 2.45) is 0 Å². The molecule has 1 saturated heterocycles. The van der Waals surface area contributed by atoms with E-state index in [9.17, 15) is 4.79 Å². The van der Waals surface area contributed by atoms with Crippen molar-refractivity contribution in [1.82, 2.24) is 30.5 Å². The molecular formula is C41H43N7O3. The molecule has 0 saturated carbocycles. The summed E-state index contributed by atoms with van der Waals surface area (Å²) < 4.78 is 13.6. The Hall–Kier alpha value is -5.61. The number of hydrogen-bond donors (Lipinski definition) is 1. The second-order valence-electron chi connectivity index (χ2n) is 13.8. The van der Waals surface area contributed by atoms with E-state index in [0.29, 0.717) is 13.2 Å². The van der Waals surface area contributed by atoms with Crippen LogP contribution in [-0.4, -0.2) is 69.2 Å². The van der Waals surface area contributed by atoms with Gasteiger partial charge in [0.25, 0.3) is 0 Å². The van der Waals surface area contributed by atoms with Crippen molar-refractivity contribution in [3.8, 4) is 11.1 Å². The third-order valence-corrected chi connectivity index (χ3v) is 9.12. The predicted molar refractivity (Wildman–Crippen MR) is 199 cm³/mol. The van der Waals surface area contributed by atoms with Crippen LogP contribution in [0.3, 0.4) is 0 Å². The van der Waals surface area contributed by atoms with Crippen LogP contribution in [0, 0.1) is 0 Å². The highest BCUT2D eigenvalue weighted by Gasteiger charge is 2.41. The lowest BCUT2D eigenvalue weighted by Crippen LogP contribution is -2.52. The van der Waals surface area contributed by atoms with Crippen LogP contribution in [-0.2, 0) is 15.0 Å². The Kier molecular flexibility index (Phi) is 9.76. The standard InChI is InChI=1S/C41H43N7O3/c1-40(2,3)51-39(49)42-22-13-14-24-50-35-28-47(29-35)36-25-31(30-21-23-43-44-27-30)26-37-38(36)45-46-48(37)41(32-15-7-4-8-16-32,33-17-9-5-10-18-33)34-19-11-6-12-20-34/h4-12,15-21,23,25-27,35H,13-14,22,24,28-29H2,1-3H3,(H,42,49). The second kappa shape index (κ2) is 14.7. The maximum Gasteiger partial charge on any atom is 0.407 e. The number of carbonyl (C=O) groups excluding carboxylic acids is 1. The van der Waals surface area contributed by atoms with Crippen molar-refractivity contribution in [3.63, 3.8) is 0 Å². The van der Waals surface area contributed by atoms with Crippen molar-refractivity contribution in [2.45, 2.75) is 50.9 Å². The number of ether oxygens (including phenoxy) is 2. The number of benzene rings is 4. The zero-order chi connectivity index (χ0) is 35.3. The van der Waals surface area contributed by atoms with Gasteiger partial charge in [-0.3, -0.25) is 0 Å². The first-order valence-corrected chi connectivity index (χ1v) is 17.5. The minimum atomic E-state index is -0.816. The first-order chi connectivity index (χ1) is 24.8. The SMILES string of the molecule is CC(C)(C)OC(=O)NCCCCOC1CN(c2cc(-c3ccnnc3)cc3c2nnn3C(c2ccccc2)(c2ccccc2)c2ccccc2)C1. The molecule has 6 aromatic rings. The lowest BCUT2D eigenvalue weighted by molar-refractivity contribution is 0.0317. The molecule has 0 radical (unpaired) electrons. The molecule has 0 aliphatic carbocycles. The number of rotatable bonds is 12. The van der Waals surface area contributed by atoms with E-state index in [1.54, 1.807) is 12.4 Å². The molecule has 1 aliphatic rings. The van der Waals surface area contributed by atoms with Gasteiger partial charge in [-0.1, -0.05) is 96.2 Å². The molecule has 3 heterocycles. The lowest BCUT2D eigenvalue weighted by Gasteiger charge is -2.41. The number of anilines is 1. The lowest BCUT2D eigenvalue weighted by atomic mass is 9.77. The highest BCUT2D eigenvalue weighted by molar-refractivity contribution is 5.94. The van der Waals surface area contributed by atoms with E-state index in [2.05, 4.69) is 110 Å². The van der Waals surface area contributed by atoms with Crippen LogP contribution in [0.2, 0.25) is 0 Å². The molecular weight excluding hydrogens is 638 g/mol. The summed E-state index contributed by atoms with van der Waals surface area (Å²) in [5, 5.41) is 21.0. The van der Waals surface area contributed by atoms with Crippen molar-refractivity contribution in [1.29, 1.82) is 0 Å². The quantitative estimate of drug-likeness (QED) is 0.106. The molecule has 51 heavy (non-hydrogen) atoms. The number of carbonyl (C=O) groups is 1. The molecule has 0 unspecified atom stereocenters. The van der Waals surface area contributed by atoms with Gasteiger partial charge in [0.05, 0.1) is 29.7 Å². The van der Waals surface area contributed by atoms with Crippen molar-refractivity contribution >= 4 is 22.8 Å². The van der Waals surface area contributed by atoms with Gasteiger partial charge in [-0.25, -0.2) is 9.48 Å². The Balaban J connectivity index is 1.21. The largest absolute Gasteiger partial charge is 0.444 e. The molecule has 10 heteroatoms. The summed E-state index contributed by atoms with van der Waals surface area (Å²) in [7, 11) is 0. The fraction of sp³-hybridized carbons (Fsp3) is 0.293. The Morgan fingerprint density at radius 3 is 2.00 bits per heavy atom. The topological polar surface area (TPSA) is 107 Å². The van der Waals surface area contributed by atoms with E-state index >= 15 is 0 Å².